The van der Waals surface area contributed by atoms with Crippen LogP contribution in [-0.4, -0.2) is 52.8 Å². The van der Waals surface area contributed by atoms with Gasteiger partial charge < -0.3 is 25.0 Å². The number of hydrogen-bond donors (Lipinski definition) is 3. The molecule has 154 valence electrons. The molecule has 0 spiro atoms. The van der Waals surface area contributed by atoms with Crippen molar-refractivity contribution in [2.24, 2.45) is 0 Å². The number of ether oxygens (including phenoxy) is 2. The number of carboxylic acids is 1. The van der Waals surface area contributed by atoms with Crippen LogP contribution >= 0.6 is 11.8 Å². The third-order valence-electron chi connectivity index (χ3n) is 3.33. The molecule has 3 N–H and O–H groups in total. The second kappa shape index (κ2) is 12.8. The highest BCUT2D eigenvalue weighted by Crippen LogP contribution is 2.20. The maximum atomic E-state index is 12.0. The molecule has 1 rings (SSSR count). The molecule has 1 aromatic rings. The van der Waals surface area contributed by atoms with E-state index in [1.807, 2.05) is 6.07 Å². The molecule has 0 radical (unpaired) electrons. The van der Waals surface area contributed by atoms with Crippen LogP contribution in [0.4, 0.5) is 4.79 Å². The van der Waals surface area contributed by atoms with E-state index in [0.717, 1.165) is 17.3 Å². The molecule has 0 bridgehead atoms. The Kier molecular flexibility index (Phi) is 10.7. The molecular formula is C19H25NO7S. The molecule has 0 unspecified atom stereocenters. The highest BCUT2D eigenvalue weighted by atomic mass is 32.2. The average Bonchev–Trinajstić information content (AvgIpc) is 2.65. The summed E-state index contributed by atoms with van der Waals surface area (Å²) in [4.78, 5) is 35.4. The molecule has 0 aliphatic rings. The molecule has 28 heavy (non-hydrogen) atoms. The van der Waals surface area contributed by atoms with E-state index < -0.39 is 30.2 Å². The van der Waals surface area contributed by atoms with Crippen molar-refractivity contribution in [2.45, 2.75) is 39.0 Å². The van der Waals surface area contributed by atoms with E-state index in [1.165, 1.54) is 6.08 Å². The van der Waals surface area contributed by atoms with Crippen LogP contribution in [-0.2, 0) is 25.7 Å². The standard InChI is InChI=1S/C19H25NO7S/c1-3-26-18(24)16(10-9-13(2)21)28-12-15(17(22)23)20-19(25)27-11-14-7-5-4-6-8-14/h4-8,10,13,15,21H,3,9,11-12H2,1-2H3,(H,20,25)(H,22,23)/b16-10-/t13-,15+/m0/s1. The van der Waals surface area contributed by atoms with Crippen molar-refractivity contribution in [1.29, 1.82) is 0 Å². The van der Waals surface area contributed by atoms with E-state index in [9.17, 15) is 24.6 Å². The van der Waals surface area contributed by atoms with Crippen LogP contribution in [0, 0.1) is 0 Å². The lowest BCUT2D eigenvalue weighted by atomic mass is 10.2. The van der Waals surface area contributed by atoms with Crippen LogP contribution in [0.15, 0.2) is 41.3 Å². The number of aliphatic carboxylic acids is 1. The lowest BCUT2D eigenvalue weighted by molar-refractivity contribution is -0.139. The van der Waals surface area contributed by atoms with Gasteiger partial charge in [0.1, 0.15) is 12.6 Å². The van der Waals surface area contributed by atoms with Gasteiger partial charge in [-0.15, -0.1) is 11.8 Å². The summed E-state index contributed by atoms with van der Waals surface area (Å²) in [7, 11) is 0. The van der Waals surface area contributed by atoms with E-state index in [1.54, 1.807) is 38.1 Å². The zero-order valence-electron chi connectivity index (χ0n) is 15.8. The van der Waals surface area contributed by atoms with Crippen molar-refractivity contribution >= 4 is 29.8 Å². The molecule has 0 aromatic heterocycles. The Hall–Kier alpha value is -2.52. The molecular weight excluding hydrogens is 386 g/mol. The summed E-state index contributed by atoms with van der Waals surface area (Å²) in [6, 6.07) is 7.70. The molecule has 0 saturated heterocycles. The van der Waals surface area contributed by atoms with Gasteiger partial charge in [0, 0.05) is 5.75 Å². The van der Waals surface area contributed by atoms with Crippen LogP contribution in [0.3, 0.4) is 0 Å². The van der Waals surface area contributed by atoms with Crippen molar-refractivity contribution in [3.05, 3.63) is 46.9 Å². The van der Waals surface area contributed by atoms with E-state index in [2.05, 4.69) is 5.32 Å². The Morgan fingerprint density at radius 3 is 2.46 bits per heavy atom. The maximum Gasteiger partial charge on any atom is 0.408 e. The van der Waals surface area contributed by atoms with Crippen LogP contribution in [0.25, 0.3) is 0 Å². The minimum atomic E-state index is -1.27. The number of aliphatic hydroxyl groups excluding tert-OH is 1. The van der Waals surface area contributed by atoms with Crippen LogP contribution < -0.4 is 5.32 Å². The lowest BCUT2D eigenvalue weighted by Gasteiger charge is -2.15. The number of aliphatic hydroxyl groups is 1. The van der Waals surface area contributed by atoms with Gasteiger partial charge >= 0.3 is 18.0 Å². The minimum absolute atomic E-state index is 0.00845. The second-order valence-corrected chi connectivity index (χ2v) is 6.84. The normalized spacial score (nSPS) is 13.3. The minimum Gasteiger partial charge on any atom is -0.480 e. The van der Waals surface area contributed by atoms with Crippen molar-refractivity contribution in [1.82, 2.24) is 5.32 Å². The van der Waals surface area contributed by atoms with Gasteiger partial charge in [-0.1, -0.05) is 36.4 Å². The molecule has 0 saturated carbocycles. The Balaban J connectivity index is 2.63. The summed E-state index contributed by atoms with van der Waals surface area (Å²) >= 11 is 0.929. The fourth-order valence-electron chi connectivity index (χ4n) is 1.94. The van der Waals surface area contributed by atoms with Gasteiger partial charge in [0.15, 0.2) is 0 Å². The van der Waals surface area contributed by atoms with Gasteiger partial charge in [0.2, 0.25) is 0 Å². The highest BCUT2D eigenvalue weighted by Gasteiger charge is 2.23. The van der Waals surface area contributed by atoms with Gasteiger partial charge in [0.25, 0.3) is 0 Å². The number of alkyl carbamates (subject to hydrolysis) is 1. The quantitative estimate of drug-likeness (QED) is 0.375. The average molecular weight is 411 g/mol. The highest BCUT2D eigenvalue weighted by molar-refractivity contribution is 8.04. The zero-order valence-corrected chi connectivity index (χ0v) is 16.6. The Morgan fingerprint density at radius 1 is 1.21 bits per heavy atom. The molecule has 9 heteroatoms. The number of nitrogens with one attached hydrogen (secondary N) is 1. The fraction of sp³-hybridized carbons (Fsp3) is 0.421. The molecule has 8 nitrogen and oxygen atoms in total. The number of carbonyl (C=O) groups is 3. The topological polar surface area (TPSA) is 122 Å². The first-order valence-corrected chi connectivity index (χ1v) is 9.70. The van der Waals surface area contributed by atoms with Crippen LogP contribution in [0.5, 0.6) is 0 Å². The summed E-state index contributed by atoms with van der Waals surface area (Å²) in [6.07, 6.45) is 0.166. The third-order valence-corrected chi connectivity index (χ3v) is 4.47. The molecule has 0 aliphatic heterocycles. The van der Waals surface area contributed by atoms with E-state index in [4.69, 9.17) is 9.47 Å². The van der Waals surface area contributed by atoms with E-state index >= 15 is 0 Å². The predicted octanol–water partition coefficient (Wildman–Crippen LogP) is 2.32. The summed E-state index contributed by atoms with van der Waals surface area (Å²) in [5.74, 6) is -1.98. The second-order valence-electron chi connectivity index (χ2n) is 5.78. The van der Waals surface area contributed by atoms with Crippen LogP contribution in [0.1, 0.15) is 25.8 Å². The SMILES string of the molecule is CCOC(=O)/C(=C/C[C@H](C)O)SC[C@@H](NC(=O)OCc1ccccc1)C(=O)O. The number of benzene rings is 1. The fourth-order valence-corrected chi connectivity index (χ4v) is 2.90. The summed E-state index contributed by atoms with van der Waals surface area (Å²) < 4.78 is 9.95. The first kappa shape index (κ1) is 23.5. The number of hydrogen-bond acceptors (Lipinski definition) is 7. The molecule has 0 fully saturated rings. The van der Waals surface area contributed by atoms with E-state index in [-0.39, 0.29) is 30.3 Å². The molecule has 1 amide bonds. The monoisotopic (exact) mass is 411 g/mol. The summed E-state index contributed by atoms with van der Waals surface area (Å²) in [5.41, 5.74) is 0.768. The number of rotatable bonds is 11. The summed E-state index contributed by atoms with van der Waals surface area (Å²) in [5, 5.41) is 21.0. The van der Waals surface area contributed by atoms with Crippen LogP contribution in [0.2, 0.25) is 0 Å². The van der Waals surface area contributed by atoms with Crippen molar-refractivity contribution in [3.63, 3.8) is 0 Å². The summed E-state index contributed by atoms with van der Waals surface area (Å²) in [6.45, 7) is 3.39. The van der Waals surface area contributed by atoms with Gasteiger partial charge in [-0.25, -0.2) is 14.4 Å². The number of esters is 1. The first-order chi connectivity index (χ1) is 13.3. The predicted molar refractivity (Wildman–Crippen MR) is 105 cm³/mol. The number of carbonyl (C=O) groups excluding carboxylic acids is 2. The third kappa shape index (κ3) is 9.43. The van der Waals surface area contributed by atoms with Gasteiger partial charge in [-0.2, -0.15) is 0 Å². The molecule has 0 aliphatic carbocycles. The van der Waals surface area contributed by atoms with Crippen molar-refractivity contribution in [3.8, 4) is 0 Å². The molecule has 2 atom stereocenters. The Bertz CT molecular complexity index is 676. The number of thioether (sulfide) groups is 1. The molecule has 0 heterocycles. The maximum absolute atomic E-state index is 12.0. The number of amides is 1. The van der Waals surface area contributed by atoms with Crippen molar-refractivity contribution < 1.29 is 34.1 Å². The van der Waals surface area contributed by atoms with Gasteiger partial charge in [-0.3, -0.25) is 0 Å². The van der Waals surface area contributed by atoms with Gasteiger partial charge in [0.05, 0.1) is 17.6 Å². The number of carboxylic acid groups (broad SMARTS) is 1. The smallest absolute Gasteiger partial charge is 0.408 e. The first-order valence-electron chi connectivity index (χ1n) is 8.71. The Labute approximate surface area is 167 Å². The van der Waals surface area contributed by atoms with Crippen molar-refractivity contribution in [2.75, 3.05) is 12.4 Å². The Morgan fingerprint density at radius 2 is 1.89 bits per heavy atom. The lowest BCUT2D eigenvalue weighted by Crippen LogP contribution is -2.42. The largest absolute Gasteiger partial charge is 0.480 e. The molecule has 1 aromatic carbocycles. The van der Waals surface area contributed by atoms with E-state index in [0.29, 0.717) is 0 Å². The zero-order chi connectivity index (χ0) is 20.9. The van der Waals surface area contributed by atoms with Gasteiger partial charge in [-0.05, 0) is 25.8 Å².